The van der Waals surface area contributed by atoms with E-state index in [1.165, 1.54) is 11.0 Å². The number of alkyl carbamates (subject to hydrolysis) is 1. The van der Waals surface area contributed by atoms with Crippen molar-refractivity contribution in [3.05, 3.63) is 54.6 Å². The SMILES string of the molecule is C=C[C@@H]1C[C@]1(NC(=O)[C@@H]1C[C@@H]2CN1C(=O)[C@H](C1CCCC1)NC(=O)O[C@@H]1CCC[C@H]1CCC=CCc1c(nc3ccccc3c1OCCOC)O2)C(=O)NS(=O)(=O)C1CC1. The Balaban J connectivity index is 1.16. The summed E-state index contributed by atoms with van der Waals surface area (Å²) in [6.07, 6.45) is 13.0. The number of nitrogens with one attached hydrogen (secondary N) is 3. The zero-order chi connectivity index (χ0) is 42.0. The number of allylic oxidation sites excluding steroid dienone is 2. The van der Waals surface area contributed by atoms with Gasteiger partial charge < -0.3 is 34.5 Å². The van der Waals surface area contributed by atoms with Crippen molar-refractivity contribution >= 4 is 44.7 Å². The third kappa shape index (κ3) is 8.86. The van der Waals surface area contributed by atoms with Crippen molar-refractivity contribution in [1.82, 2.24) is 25.2 Å². The van der Waals surface area contributed by atoms with Crippen LogP contribution in [0.2, 0.25) is 0 Å². The molecule has 5 fully saturated rings. The minimum atomic E-state index is -3.91. The number of para-hydroxylation sites is 1. The molecule has 4 aliphatic carbocycles. The van der Waals surface area contributed by atoms with Gasteiger partial charge in [-0.15, -0.1) is 6.58 Å². The van der Waals surface area contributed by atoms with Crippen LogP contribution in [0.5, 0.6) is 11.6 Å². The van der Waals surface area contributed by atoms with Gasteiger partial charge in [0.25, 0.3) is 5.91 Å². The highest BCUT2D eigenvalue weighted by molar-refractivity contribution is 7.91. The Bertz CT molecular complexity index is 2120. The summed E-state index contributed by atoms with van der Waals surface area (Å²) in [5, 5.41) is 5.98. The van der Waals surface area contributed by atoms with Gasteiger partial charge in [-0.25, -0.2) is 18.2 Å². The average molecular weight is 848 g/mol. The van der Waals surface area contributed by atoms with E-state index in [1.807, 2.05) is 24.3 Å². The van der Waals surface area contributed by atoms with Crippen molar-refractivity contribution in [2.24, 2.45) is 17.8 Å². The molecule has 2 aliphatic heterocycles. The van der Waals surface area contributed by atoms with E-state index in [9.17, 15) is 27.6 Å². The van der Waals surface area contributed by atoms with Gasteiger partial charge in [-0.1, -0.05) is 43.2 Å². The van der Waals surface area contributed by atoms with Gasteiger partial charge in [0.15, 0.2) is 0 Å². The number of ether oxygens (including phenoxy) is 4. The van der Waals surface area contributed by atoms with E-state index in [4.69, 9.17) is 23.9 Å². The molecule has 0 spiro atoms. The van der Waals surface area contributed by atoms with Crippen LogP contribution in [0, 0.1) is 17.8 Å². The van der Waals surface area contributed by atoms with Crippen LogP contribution in [-0.2, 0) is 40.3 Å². The molecule has 15 nitrogen and oxygen atoms in total. The summed E-state index contributed by atoms with van der Waals surface area (Å²) < 4.78 is 52.5. The second-order valence-corrected chi connectivity index (χ2v) is 19.3. The number of fused-ring (bicyclic) bond motifs is 5. The number of nitrogens with zero attached hydrogens (tertiary/aromatic N) is 2. The van der Waals surface area contributed by atoms with Gasteiger partial charge in [-0.05, 0) is 94.6 Å². The molecule has 1 aromatic carbocycles. The van der Waals surface area contributed by atoms with Crippen molar-refractivity contribution in [2.45, 2.75) is 125 Å². The first kappa shape index (κ1) is 42.0. The number of amides is 4. The quantitative estimate of drug-likeness (QED) is 0.211. The van der Waals surface area contributed by atoms with Crippen molar-refractivity contribution in [3.63, 3.8) is 0 Å². The van der Waals surface area contributed by atoms with E-state index < -0.39 is 68.7 Å². The molecule has 2 aromatic rings. The maximum atomic E-state index is 15.0. The number of rotatable bonds is 11. The van der Waals surface area contributed by atoms with Gasteiger partial charge >= 0.3 is 6.09 Å². The maximum absolute atomic E-state index is 15.0. The van der Waals surface area contributed by atoms with E-state index in [0.717, 1.165) is 63.2 Å². The summed E-state index contributed by atoms with van der Waals surface area (Å²) in [5.74, 6) is -1.52. The summed E-state index contributed by atoms with van der Waals surface area (Å²) in [7, 11) is -2.30. The first-order chi connectivity index (χ1) is 29.0. The first-order valence-electron chi connectivity index (χ1n) is 21.6. The standard InChI is InChI=1S/C44H57N5O10S/c1-3-29-25-44(29,42(52)48-60(54,55)31-20-21-31)47-39(50)35-24-30-26-49(35)41(51)37(28-13-7-8-14-28)46-43(53)59-36-19-11-15-27(36)12-5-4-6-17-33-38(57-23-22-56-2)32-16-9-10-18-34(32)45-40(33)58-30/h3-4,6,9-10,16,18,27-31,35-37H,1,5,7-8,11-15,17,19-26H2,2H3,(H,46,53)(H,47,50)(H,48,52)/t27-,29-,30-,35+,36-,37+,44-/m1/s1. The van der Waals surface area contributed by atoms with Gasteiger partial charge in [0, 0.05) is 24.8 Å². The van der Waals surface area contributed by atoms with E-state index in [0.29, 0.717) is 48.6 Å². The smallest absolute Gasteiger partial charge is 0.408 e. The van der Waals surface area contributed by atoms with Crippen LogP contribution in [0.1, 0.15) is 89.0 Å². The first-order valence-corrected chi connectivity index (χ1v) is 23.2. The normalized spacial score (nSPS) is 29.9. The van der Waals surface area contributed by atoms with Crippen LogP contribution >= 0.6 is 0 Å². The Morgan fingerprint density at radius 1 is 1.02 bits per heavy atom. The number of hydrogen-bond donors (Lipinski definition) is 3. The van der Waals surface area contributed by atoms with Crippen LogP contribution in [0.25, 0.3) is 10.9 Å². The third-order valence-electron chi connectivity index (χ3n) is 13.3. The van der Waals surface area contributed by atoms with Crippen molar-refractivity contribution < 1.29 is 46.5 Å². The molecule has 1 aromatic heterocycles. The van der Waals surface area contributed by atoms with Crippen LogP contribution in [0.15, 0.2) is 49.1 Å². The molecule has 3 N–H and O–H groups in total. The molecule has 0 radical (unpaired) electrons. The zero-order valence-corrected chi connectivity index (χ0v) is 35.1. The van der Waals surface area contributed by atoms with E-state index in [1.54, 1.807) is 7.11 Å². The Morgan fingerprint density at radius 3 is 2.55 bits per heavy atom. The van der Waals surface area contributed by atoms with Crippen LogP contribution < -0.4 is 24.8 Å². The predicted octanol–water partition coefficient (Wildman–Crippen LogP) is 4.62. The molecule has 2 bridgehead atoms. The highest BCUT2D eigenvalue weighted by Gasteiger charge is 2.62. The minimum Gasteiger partial charge on any atom is -0.490 e. The molecule has 3 heterocycles. The number of methoxy groups -OCH3 is 1. The number of aromatic nitrogens is 1. The molecule has 6 aliphatic rings. The van der Waals surface area contributed by atoms with Gasteiger partial charge in [-0.3, -0.25) is 19.1 Å². The molecule has 7 atom stereocenters. The molecular formula is C44H57N5O10S. The van der Waals surface area contributed by atoms with Gasteiger partial charge in [0.1, 0.15) is 42.2 Å². The largest absolute Gasteiger partial charge is 0.490 e. The zero-order valence-electron chi connectivity index (χ0n) is 34.3. The maximum Gasteiger partial charge on any atom is 0.408 e. The number of pyridine rings is 1. The lowest BCUT2D eigenvalue weighted by molar-refractivity contribution is -0.142. The minimum absolute atomic E-state index is 0.0225. The summed E-state index contributed by atoms with van der Waals surface area (Å²) in [5.41, 5.74) is -0.200. The molecule has 324 valence electrons. The third-order valence-corrected chi connectivity index (χ3v) is 15.1. The number of carbonyl (C=O) groups is 4. The van der Waals surface area contributed by atoms with Crippen LogP contribution in [-0.4, -0.2) is 104 Å². The fraction of sp³-hybridized carbons (Fsp3) is 0.614. The van der Waals surface area contributed by atoms with E-state index in [2.05, 4.69) is 34.1 Å². The number of benzene rings is 1. The number of sulfonamides is 1. The molecular weight excluding hydrogens is 791 g/mol. The highest BCUT2D eigenvalue weighted by Crippen LogP contribution is 2.46. The van der Waals surface area contributed by atoms with Crippen molar-refractivity contribution in [2.75, 3.05) is 26.9 Å². The molecule has 1 saturated heterocycles. The van der Waals surface area contributed by atoms with E-state index >= 15 is 0 Å². The highest BCUT2D eigenvalue weighted by atomic mass is 32.2. The second-order valence-electron chi connectivity index (χ2n) is 17.3. The van der Waals surface area contributed by atoms with E-state index in [-0.39, 0.29) is 43.9 Å². The Hall–Kier alpha value is -4.70. The number of hydrogen-bond acceptors (Lipinski definition) is 11. The van der Waals surface area contributed by atoms with Crippen LogP contribution in [0.4, 0.5) is 4.79 Å². The lowest BCUT2D eigenvalue weighted by atomic mass is 9.96. The van der Waals surface area contributed by atoms with Crippen LogP contribution in [0.3, 0.4) is 0 Å². The summed E-state index contributed by atoms with van der Waals surface area (Å²) in [6.45, 7) is 4.45. The van der Waals surface area contributed by atoms with Gasteiger partial charge in [0.05, 0.1) is 29.5 Å². The fourth-order valence-electron chi connectivity index (χ4n) is 9.69. The second kappa shape index (κ2) is 17.7. The van der Waals surface area contributed by atoms with Gasteiger partial charge in [-0.2, -0.15) is 0 Å². The molecule has 16 heteroatoms. The fourth-order valence-corrected chi connectivity index (χ4v) is 11.1. The average Bonchev–Trinajstić information content (AvgIpc) is 4.02. The lowest BCUT2D eigenvalue weighted by Gasteiger charge is -2.32. The van der Waals surface area contributed by atoms with Crippen molar-refractivity contribution in [3.8, 4) is 11.6 Å². The Labute approximate surface area is 351 Å². The topological polar surface area (TPSA) is 192 Å². The summed E-state index contributed by atoms with van der Waals surface area (Å²) >= 11 is 0. The molecule has 4 amide bonds. The monoisotopic (exact) mass is 847 g/mol. The van der Waals surface area contributed by atoms with Gasteiger partial charge in [0.2, 0.25) is 27.7 Å². The number of carbonyl (C=O) groups excluding carboxylic acids is 4. The predicted molar refractivity (Wildman–Crippen MR) is 221 cm³/mol. The lowest BCUT2D eigenvalue weighted by Crippen LogP contribution is -2.59. The molecule has 0 unspecified atom stereocenters. The molecule has 4 saturated carbocycles. The van der Waals surface area contributed by atoms with Crippen molar-refractivity contribution in [1.29, 1.82) is 0 Å². The summed E-state index contributed by atoms with van der Waals surface area (Å²) in [6, 6.07) is 5.52. The Morgan fingerprint density at radius 2 is 1.80 bits per heavy atom. The molecule has 60 heavy (non-hydrogen) atoms. The molecule has 8 rings (SSSR count). The Kier molecular flexibility index (Phi) is 12.4. The summed E-state index contributed by atoms with van der Waals surface area (Å²) in [4.78, 5) is 63.4.